The predicted octanol–water partition coefficient (Wildman–Crippen LogP) is 4.34. The molecule has 0 unspecified atom stereocenters. The predicted molar refractivity (Wildman–Crippen MR) is 93.5 cm³/mol. The second-order valence-electron chi connectivity index (χ2n) is 7.45. The number of rotatable bonds is 4. The molecule has 1 aliphatic rings. The van der Waals surface area contributed by atoms with Crippen molar-refractivity contribution < 1.29 is 18.0 Å². The number of fused-ring (bicyclic) bond motifs is 1. The number of halogens is 3. The normalized spacial score (nSPS) is 16.6. The maximum absolute atomic E-state index is 13.4. The Hall–Kier alpha value is -2.05. The highest BCUT2D eigenvalue weighted by atomic mass is 19.4. The number of imidazole rings is 1. The molecule has 0 spiro atoms. The summed E-state index contributed by atoms with van der Waals surface area (Å²) in [4.78, 5) is 17.8. The minimum absolute atomic E-state index is 0.108. The summed E-state index contributed by atoms with van der Waals surface area (Å²) in [6.07, 6.45) is -2.52. The molecule has 1 saturated heterocycles. The van der Waals surface area contributed by atoms with E-state index in [1.54, 1.807) is 24.3 Å². The third-order valence-corrected chi connectivity index (χ3v) is 4.90. The standard InChI is InChI=1S/C19H24F3N3O/c1-13(2)11-17(26)24-9-7-14(8-10-24)12-25-16-6-4-3-5-15(16)23-18(25)19(20,21)22/h3-6,13-14H,7-12H2,1-2H3. The molecular weight excluding hydrogens is 343 g/mol. The monoisotopic (exact) mass is 367 g/mol. The number of alkyl halides is 3. The zero-order valence-electron chi connectivity index (χ0n) is 15.1. The van der Waals surface area contributed by atoms with Crippen LogP contribution in [0, 0.1) is 11.8 Å². The highest BCUT2D eigenvalue weighted by Crippen LogP contribution is 2.33. The smallest absolute Gasteiger partial charge is 0.343 e. The number of carbonyl (C=O) groups is 1. The quantitative estimate of drug-likeness (QED) is 0.806. The van der Waals surface area contributed by atoms with Crippen LogP contribution in [0.25, 0.3) is 11.0 Å². The van der Waals surface area contributed by atoms with Gasteiger partial charge in [-0.1, -0.05) is 26.0 Å². The molecule has 1 aliphatic heterocycles. The van der Waals surface area contributed by atoms with Crippen molar-refractivity contribution in [3.05, 3.63) is 30.1 Å². The molecule has 1 amide bonds. The lowest BCUT2D eigenvalue weighted by molar-refractivity contribution is -0.147. The van der Waals surface area contributed by atoms with E-state index in [4.69, 9.17) is 0 Å². The van der Waals surface area contributed by atoms with Crippen LogP contribution in [0.15, 0.2) is 24.3 Å². The van der Waals surface area contributed by atoms with Crippen LogP contribution in [0.4, 0.5) is 13.2 Å². The summed E-state index contributed by atoms with van der Waals surface area (Å²) in [6.45, 7) is 5.52. The number of nitrogens with zero attached hydrogens (tertiary/aromatic N) is 3. The Morgan fingerprint density at radius 1 is 1.23 bits per heavy atom. The summed E-state index contributed by atoms with van der Waals surface area (Å²) >= 11 is 0. The molecule has 4 nitrogen and oxygen atoms in total. The minimum atomic E-state index is -4.48. The SMILES string of the molecule is CC(C)CC(=O)N1CCC(Cn2c(C(F)(F)F)nc3ccccc32)CC1. The lowest BCUT2D eigenvalue weighted by atomic mass is 9.96. The maximum atomic E-state index is 13.4. The van der Waals surface area contributed by atoms with Crippen molar-refractivity contribution >= 4 is 16.9 Å². The summed E-state index contributed by atoms with van der Waals surface area (Å²) in [5, 5.41) is 0. The van der Waals surface area contributed by atoms with Gasteiger partial charge in [-0.3, -0.25) is 4.79 Å². The largest absolute Gasteiger partial charge is 0.449 e. The van der Waals surface area contributed by atoms with Gasteiger partial charge in [-0.15, -0.1) is 0 Å². The van der Waals surface area contributed by atoms with Crippen LogP contribution in [-0.2, 0) is 17.5 Å². The molecule has 2 heterocycles. The lowest BCUT2D eigenvalue weighted by Gasteiger charge is -2.33. The first-order chi connectivity index (χ1) is 12.3. The van der Waals surface area contributed by atoms with Gasteiger partial charge in [0.25, 0.3) is 0 Å². The van der Waals surface area contributed by atoms with Crippen LogP contribution in [0.3, 0.4) is 0 Å². The number of likely N-dealkylation sites (tertiary alicyclic amines) is 1. The summed E-state index contributed by atoms with van der Waals surface area (Å²) in [7, 11) is 0. The van der Waals surface area contributed by atoms with Crippen molar-refractivity contribution in [1.82, 2.24) is 14.5 Å². The number of amides is 1. The molecule has 142 valence electrons. The van der Waals surface area contributed by atoms with E-state index in [-0.39, 0.29) is 18.4 Å². The second-order valence-corrected chi connectivity index (χ2v) is 7.45. The molecule has 7 heteroatoms. The first-order valence-corrected chi connectivity index (χ1v) is 9.06. The fourth-order valence-electron chi connectivity index (χ4n) is 3.58. The number of hydrogen-bond donors (Lipinski definition) is 0. The first kappa shape index (κ1) is 18.7. The molecule has 0 radical (unpaired) electrons. The van der Waals surface area contributed by atoms with E-state index in [0.717, 1.165) is 0 Å². The topological polar surface area (TPSA) is 38.1 Å². The third kappa shape index (κ3) is 4.02. The Morgan fingerprint density at radius 2 is 1.88 bits per heavy atom. The van der Waals surface area contributed by atoms with Gasteiger partial charge in [0, 0.05) is 26.1 Å². The van der Waals surface area contributed by atoms with Crippen LogP contribution < -0.4 is 0 Å². The van der Waals surface area contributed by atoms with Crippen LogP contribution in [0.1, 0.15) is 38.9 Å². The van der Waals surface area contributed by atoms with Crippen molar-refractivity contribution in [2.75, 3.05) is 13.1 Å². The van der Waals surface area contributed by atoms with Gasteiger partial charge in [0.15, 0.2) is 0 Å². The summed E-state index contributed by atoms with van der Waals surface area (Å²) in [5.74, 6) is -0.275. The highest BCUT2D eigenvalue weighted by Gasteiger charge is 2.38. The molecule has 0 aliphatic carbocycles. The van der Waals surface area contributed by atoms with E-state index in [2.05, 4.69) is 4.98 Å². The van der Waals surface area contributed by atoms with Crippen molar-refractivity contribution in [1.29, 1.82) is 0 Å². The molecule has 1 aromatic carbocycles. The molecule has 0 saturated carbocycles. The molecule has 3 rings (SSSR count). The Labute approximate surface area is 151 Å². The van der Waals surface area contributed by atoms with Crippen molar-refractivity contribution in [3.8, 4) is 0 Å². The fourth-order valence-corrected chi connectivity index (χ4v) is 3.58. The van der Waals surface area contributed by atoms with E-state index < -0.39 is 12.0 Å². The number of carbonyl (C=O) groups excluding carboxylic acids is 1. The zero-order chi connectivity index (χ0) is 18.9. The van der Waals surface area contributed by atoms with E-state index in [1.165, 1.54) is 4.57 Å². The molecular formula is C19H24F3N3O. The Morgan fingerprint density at radius 3 is 2.50 bits per heavy atom. The Kier molecular flexibility index (Phi) is 5.25. The molecule has 2 aromatic rings. The van der Waals surface area contributed by atoms with E-state index >= 15 is 0 Å². The Balaban J connectivity index is 1.73. The van der Waals surface area contributed by atoms with Crippen LogP contribution in [0.2, 0.25) is 0 Å². The molecule has 0 N–H and O–H groups in total. The number of aromatic nitrogens is 2. The summed E-state index contributed by atoms with van der Waals surface area (Å²) in [6, 6.07) is 6.71. The van der Waals surface area contributed by atoms with E-state index in [9.17, 15) is 18.0 Å². The van der Waals surface area contributed by atoms with Crippen LogP contribution >= 0.6 is 0 Å². The van der Waals surface area contributed by atoms with Gasteiger partial charge in [0.1, 0.15) is 0 Å². The van der Waals surface area contributed by atoms with Crippen molar-refractivity contribution in [2.45, 2.75) is 45.8 Å². The zero-order valence-corrected chi connectivity index (χ0v) is 15.1. The van der Waals surface area contributed by atoms with Crippen LogP contribution in [-0.4, -0.2) is 33.4 Å². The van der Waals surface area contributed by atoms with Crippen LogP contribution in [0.5, 0.6) is 0 Å². The van der Waals surface area contributed by atoms with E-state index in [1.807, 2.05) is 18.7 Å². The van der Waals surface area contributed by atoms with Gasteiger partial charge in [-0.25, -0.2) is 4.98 Å². The highest BCUT2D eigenvalue weighted by molar-refractivity contribution is 5.77. The second kappa shape index (κ2) is 7.29. The molecule has 1 fully saturated rings. The number of piperidine rings is 1. The maximum Gasteiger partial charge on any atom is 0.449 e. The van der Waals surface area contributed by atoms with Gasteiger partial charge in [-0.2, -0.15) is 13.2 Å². The van der Waals surface area contributed by atoms with Gasteiger partial charge in [0.05, 0.1) is 11.0 Å². The number of hydrogen-bond acceptors (Lipinski definition) is 2. The van der Waals surface area contributed by atoms with Crippen molar-refractivity contribution in [3.63, 3.8) is 0 Å². The molecule has 0 bridgehead atoms. The van der Waals surface area contributed by atoms with Gasteiger partial charge in [-0.05, 0) is 36.8 Å². The fraction of sp³-hybridized carbons (Fsp3) is 0.579. The number of para-hydroxylation sites is 2. The average Bonchev–Trinajstić information content (AvgIpc) is 2.94. The minimum Gasteiger partial charge on any atom is -0.343 e. The molecule has 1 aromatic heterocycles. The Bertz CT molecular complexity index is 774. The number of benzene rings is 1. The summed E-state index contributed by atoms with van der Waals surface area (Å²) < 4.78 is 41.5. The molecule has 0 atom stereocenters. The first-order valence-electron chi connectivity index (χ1n) is 9.06. The molecule has 26 heavy (non-hydrogen) atoms. The summed E-state index contributed by atoms with van der Waals surface area (Å²) in [5.41, 5.74) is 0.877. The lowest BCUT2D eigenvalue weighted by Crippen LogP contribution is -2.39. The average molecular weight is 367 g/mol. The third-order valence-electron chi connectivity index (χ3n) is 4.90. The van der Waals surface area contributed by atoms with Gasteiger partial charge in [0.2, 0.25) is 11.7 Å². The van der Waals surface area contributed by atoms with Gasteiger partial charge >= 0.3 is 6.18 Å². The van der Waals surface area contributed by atoms with Crippen molar-refractivity contribution in [2.24, 2.45) is 11.8 Å². The van der Waals surface area contributed by atoms with Gasteiger partial charge < -0.3 is 9.47 Å². The van der Waals surface area contributed by atoms with E-state index in [0.29, 0.717) is 49.3 Å².